The van der Waals surface area contributed by atoms with E-state index in [-0.39, 0.29) is 18.0 Å². The molecule has 2 aliphatic rings. The highest BCUT2D eigenvalue weighted by molar-refractivity contribution is 5.99. The highest BCUT2D eigenvalue weighted by atomic mass is 16.5. The molecular weight excluding hydrogens is 508 g/mol. The molecule has 11 nitrogen and oxygen atoms in total. The molecule has 208 valence electrons. The first-order valence-corrected chi connectivity index (χ1v) is 13.5. The first-order valence-electron chi connectivity index (χ1n) is 13.5. The van der Waals surface area contributed by atoms with Crippen molar-refractivity contribution in [3.05, 3.63) is 58.8 Å². The maximum Gasteiger partial charge on any atom is 0.253 e. The number of fused-ring (bicyclic) bond motifs is 2. The number of morpholine rings is 1. The predicted molar refractivity (Wildman–Crippen MR) is 157 cm³/mol. The van der Waals surface area contributed by atoms with Gasteiger partial charge < -0.3 is 29.3 Å². The minimum absolute atomic E-state index is 0.00356. The zero-order valence-electron chi connectivity index (χ0n) is 23.3. The number of amides is 1. The second-order valence-electron chi connectivity index (χ2n) is 10.4. The molecule has 6 rings (SSSR count). The number of aromatic nitrogens is 4. The van der Waals surface area contributed by atoms with E-state index in [4.69, 9.17) is 9.72 Å². The van der Waals surface area contributed by atoms with Gasteiger partial charge in [-0.3, -0.25) is 19.3 Å². The van der Waals surface area contributed by atoms with Crippen molar-refractivity contribution in [1.29, 1.82) is 0 Å². The van der Waals surface area contributed by atoms with Gasteiger partial charge in [-0.1, -0.05) is 0 Å². The Morgan fingerprint density at radius 2 is 1.80 bits per heavy atom. The Morgan fingerprint density at radius 1 is 1.00 bits per heavy atom. The normalized spacial score (nSPS) is 15.4. The lowest BCUT2D eigenvalue weighted by Crippen LogP contribution is -2.44. The number of likely N-dealkylation sites (N-methyl/N-ethyl adjacent to an activating group) is 1. The molecule has 4 aromatic rings. The molecule has 2 aliphatic heterocycles. The van der Waals surface area contributed by atoms with Crippen LogP contribution in [0.2, 0.25) is 0 Å². The number of nitrogens with zero attached hydrogens (tertiary/aromatic N) is 7. The van der Waals surface area contributed by atoms with Gasteiger partial charge in [0.25, 0.3) is 5.56 Å². The van der Waals surface area contributed by atoms with Gasteiger partial charge >= 0.3 is 0 Å². The van der Waals surface area contributed by atoms with E-state index in [1.807, 2.05) is 45.5 Å². The molecule has 1 fully saturated rings. The second kappa shape index (κ2) is 10.3. The second-order valence-corrected chi connectivity index (χ2v) is 10.4. The summed E-state index contributed by atoms with van der Waals surface area (Å²) in [4.78, 5) is 36.9. The predicted octanol–water partition coefficient (Wildman–Crippen LogP) is 2.18. The summed E-state index contributed by atoms with van der Waals surface area (Å²) in [5.74, 6) is -0.0514. The third-order valence-electron chi connectivity index (χ3n) is 7.85. The Balaban J connectivity index is 1.54. The SMILES string of the molecule is CNC(=O)CN1CCN(c2cc(N3CCOCC3)cc3c2cc(C)c(=O)n3C)c2cnc(-c3cnn(C)c3)cc21. The van der Waals surface area contributed by atoms with Gasteiger partial charge in [0.05, 0.1) is 60.4 Å². The van der Waals surface area contributed by atoms with Crippen LogP contribution >= 0.6 is 0 Å². The molecule has 1 amide bonds. The third kappa shape index (κ3) is 4.56. The molecule has 0 atom stereocenters. The Hall–Kier alpha value is -4.38. The Kier molecular flexibility index (Phi) is 6.67. The number of carbonyl (C=O) groups excluding carboxylic acids is 1. The summed E-state index contributed by atoms with van der Waals surface area (Å²) in [6, 6.07) is 8.35. The Labute approximate surface area is 232 Å². The molecule has 1 N–H and O–H groups in total. The Bertz CT molecular complexity index is 1650. The van der Waals surface area contributed by atoms with Crippen LogP contribution in [0.3, 0.4) is 0 Å². The number of benzene rings is 1. The van der Waals surface area contributed by atoms with Gasteiger partial charge in [0.2, 0.25) is 5.91 Å². The minimum atomic E-state index is -0.0514. The molecule has 0 spiro atoms. The van der Waals surface area contributed by atoms with Gasteiger partial charge in [-0.25, -0.2) is 0 Å². The average Bonchev–Trinajstić information content (AvgIpc) is 3.42. The van der Waals surface area contributed by atoms with Crippen LogP contribution in [0.1, 0.15) is 5.56 Å². The number of hydrogen-bond acceptors (Lipinski definition) is 8. The summed E-state index contributed by atoms with van der Waals surface area (Å²) in [6.45, 7) is 6.32. The van der Waals surface area contributed by atoms with E-state index in [0.717, 1.165) is 58.0 Å². The number of pyridine rings is 2. The van der Waals surface area contributed by atoms with E-state index >= 15 is 0 Å². The number of anilines is 4. The molecule has 0 bridgehead atoms. The van der Waals surface area contributed by atoms with Crippen LogP contribution in [0, 0.1) is 6.92 Å². The first-order chi connectivity index (χ1) is 19.3. The topological polar surface area (TPSA) is 101 Å². The quantitative estimate of drug-likeness (QED) is 0.410. The smallest absolute Gasteiger partial charge is 0.253 e. The number of nitrogens with one attached hydrogen (secondary N) is 1. The van der Waals surface area contributed by atoms with Crippen molar-refractivity contribution in [2.45, 2.75) is 6.92 Å². The fourth-order valence-electron chi connectivity index (χ4n) is 5.65. The van der Waals surface area contributed by atoms with Crippen molar-refractivity contribution in [1.82, 2.24) is 24.6 Å². The van der Waals surface area contributed by atoms with Crippen molar-refractivity contribution in [3.8, 4) is 11.3 Å². The first kappa shape index (κ1) is 25.9. The van der Waals surface area contributed by atoms with Crippen LogP contribution in [0.5, 0.6) is 0 Å². The van der Waals surface area contributed by atoms with Crippen molar-refractivity contribution >= 4 is 39.6 Å². The van der Waals surface area contributed by atoms with E-state index in [1.165, 1.54) is 0 Å². The molecule has 40 heavy (non-hydrogen) atoms. The molecule has 0 aliphatic carbocycles. The van der Waals surface area contributed by atoms with Crippen LogP contribution < -0.4 is 25.6 Å². The molecule has 1 aromatic carbocycles. The monoisotopic (exact) mass is 542 g/mol. The molecular formula is C29H34N8O3. The highest BCUT2D eigenvalue weighted by Crippen LogP contribution is 2.43. The van der Waals surface area contributed by atoms with E-state index in [0.29, 0.717) is 31.9 Å². The maximum atomic E-state index is 13.0. The molecule has 0 saturated carbocycles. The van der Waals surface area contributed by atoms with Crippen LogP contribution in [0.25, 0.3) is 22.2 Å². The maximum absolute atomic E-state index is 13.0. The highest BCUT2D eigenvalue weighted by Gasteiger charge is 2.28. The van der Waals surface area contributed by atoms with E-state index in [9.17, 15) is 9.59 Å². The van der Waals surface area contributed by atoms with E-state index in [1.54, 1.807) is 22.5 Å². The minimum Gasteiger partial charge on any atom is -0.378 e. The van der Waals surface area contributed by atoms with Crippen LogP contribution in [0.4, 0.5) is 22.7 Å². The summed E-state index contributed by atoms with van der Waals surface area (Å²) in [7, 11) is 5.37. The van der Waals surface area contributed by atoms with Crippen molar-refractivity contribution in [3.63, 3.8) is 0 Å². The van der Waals surface area contributed by atoms with Gasteiger partial charge in [0, 0.05) is 75.7 Å². The fraction of sp³-hybridized carbons (Fsp3) is 0.379. The number of ether oxygens (including phenoxy) is 1. The van der Waals surface area contributed by atoms with Gasteiger partial charge in [0.1, 0.15) is 0 Å². The number of carbonyl (C=O) groups is 1. The lowest BCUT2D eigenvalue weighted by atomic mass is 10.0. The fourth-order valence-corrected chi connectivity index (χ4v) is 5.65. The lowest BCUT2D eigenvalue weighted by Gasteiger charge is -2.39. The summed E-state index contributed by atoms with van der Waals surface area (Å²) < 4.78 is 9.09. The van der Waals surface area contributed by atoms with Gasteiger partial charge in [-0.05, 0) is 31.2 Å². The van der Waals surface area contributed by atoms with Gasteiger partial charge in [-0.15, -0.1) is 0 Å². The molecule has 1 saturated heterocycles. The number of aryl methyl sites for hydroxylation is 3. The zero-order chi connectivity index (χ0) is 28.0. The van der Waals surface area contributed by atoms with E-state index in [2.05, 4.69) is 37.2 Å². The molecule has 11 heteroatoms. The summed E-state index contributed by atoms with van der Waals surface area (Å²) >= 11 is 0. The molecule has 3 aromatic heterocycles. The third-order valence-corrected chi connectivity index (χ3v) is 7.85. The van der Waals surface area contributed by atoms with E-state index < -0.39 is 0 Å². The largest absolute Gasteiger partial charge is 0.378 e. The van der Waals surface area contributed by atoms with Crippen molar-refractivity contribution in [2.75, 3.05) is 67.7 Å². The number of rotatable bonds is 5. The standard InChI is InChI=1S/C29H34N8O3/c1-19-11-22-24(34(4)29(19)39)12-21(35-7-9-40-10-8-35)13-25(22)37-6-5-36(18-28(38)30-2)26-14-23(31-16-27(26)37)20-15-32-33(3)17-20/h11-17H,5-10,18H2,1-4H3,(H,30,38). The van der Waals surface area contributed by atoms with Crippen molar-refractivity contribution in [2.24, 2.45) is 14.1 Å². The Morgan fingerprint density at radius 3 is 2.52 bits per heavy atom. The van der Waals surface area contributed by atoms with Crippen LogP contribution in [-0.2, 0) is 23.6 Å². The zero-order valence-corrected chi connectivity index (χ0v) is 23.3. The van der Waals surface area contributed by atoms with Crippen molar-refractivity contribution < 1.29 is 9.53 Å². The van der Waals surface area contributed by atoms with Crippen LogP contribution in [0.15, 0.2) is 47.7 Å². The summed E-state index contributed by atoms with van der Waals surface area (Å²) in [5.41, 5.74) is 7.17. The average molecular weight is 543 g/mol. The lowest BCUT2D eigenvalue weighted by molar-refractivity contribution is -0.119. The summed E-state index contributed by atoms with van der Waals surface area (Å²) in [5, 5.41) is 8.06. The van der Waals surface area contributed by atoms with Gasteiger partial charge in [-0.2, -0.15) is 5.10 Å². The molecule has 5 heterocycles. The molecule has 0 radical (unpaired) electrons. The number of hydrogen-bond donors (Lipinski definition) is 1. The van der Waals surface area contributed by atoms with Crippen LogP contribution in [-0.4, -0.2) is 78.2 Å². The van der Waals surface area contributed by atoms with Gasteiger partial charge in [0.15, 0.2) is 0 Å². The summed E-state index contributed by atoms with van der Waals surface area (Å²) in [6.07, 6.45) is 5.61. The molecule has 0 unspecified atom stereocenters.